The first-order valence-corrected chi connectivity index (χ1v) is 11.2. The summed E-state index contributed by atoms with van der Waals surface area (Å²) in [6, 6.07) is 25.2. The molecule has 3 rings (SSSR count). The van der Waals surface area contributed by atoms with E-state index >= 15 is 0 Å². The fraction of sp³-hybridized carbons (Fsp3) is 0.148. The Bertz CT molecular complexity index is 1220. The molecule has 0 aromatic heterocycles. The smallest absolute Gasteiger partial charge is 0.362 e. The number of carbonyl (C=O) groups is 3. The summed E-state index contributed by atoms with van der Waals surface area (Å²) in [7, 11) is 0. The average Bonchev–Trinajstić information content (AvgIpc) is 2.89. The van der Waals surface area contributed by atoms with Crippen molar-refractivity contribution in [1.82, 2.24) is 5.43 Å². The summed E-state index contributed by atoms with van der Waals surface area (Å²) in [6.07, 6.45) is 0. The molecule has 0 spiro atoms. The van der Waals surface area contributed by atoms with E-state index in [0.29, 0.717) is 5.69 Å². The Morgan fingerprint density at radius 3 is 1.94 bits per heavy atom. The highest BCUT2D eigenvalue weighted by Gasteiger charge is 2.23. The maximum absolute atomic E-state index is 13.2. The van der Waals surface area contributed by atoms with Crippen LogP contribution in [0.4, 0.5) is 5.69 Å². The number of nitrogens with zero attached hydrogens (tertiary/aromatic N) is 2. The van der Waals surface area contributed by atoms with Gasteiger partial charge < -0.3 is 15.3 Å². The average molecular weight is 487 g/mol. The lowest BCUT2D eigenvalue weighted by Gasteiger charge is -2.18. The van der Waals surface area contributed by atoms with Crippen LogP contribution in [0.5, 0.6) is 0 Å². The molecule has 0 saturated carbocycles. The highest BCUT2D eigenvalue weighted by Crippen LogP contribution is 2.26. The van der Waals surface area contributed by atoms with Gasteiger partial charge in [0, 0.05) is 11.3 Å². The lowest BCUT2D eigenvalue weighted by atomic mass is 9.90. The molecule has 0 radical (unpaired) electrons. The molecule has 0 fully saturated rings. The number of rotatable bonds is 9. The number of hydrogen-bond acceptors (Lipinski definition) is 7. The summed E-state index contributed by atoms with van der Waals surface area (Å²) < 4.78 is 4.77. The van der Waals surface area contributed by atoms with Gasteiger partial charge in [-0.2, -0.15) is 5.10 Å². The Hall–Kier alpha value is -4.79. The van der Waals surface area contributed by atoms with Crippen molar-refractivity contribution >= 4 is 34.9 Å². The lowest BCUT2D eigenvalue weighted by molar-refractivity contribution is -0.135. The second kappa shape index (κ2) is 12.6. The molecule has 0 unspecified atom stereocenters. The van der Waals surface area contributed by atoms with Crippen LogP contribution in [0.1, 0.15) is 41.3 Å². The zero-order chi connectivity index (χ0) is 25.9. The van der Waals surface area contributed by atoms with Crippen LogP contribution in [-0.4, -0.2) is 41.0 Å². The monoisotopic (exact) mass is 486 g/mol. The van der Waals surface area contributed by atoms with E-state index in [1.165, 1.54) is 19.1 Å². The fourth-order valence-electron chi connectivity index (χ4n) is 3.42. The van der Waals surface area contributed by atoms with Gasteiger partial charge in [0.15, 0.2) is 0 Å². The van der Waals surface area contributed by atoms with E-state index < -0.39 is 23.5 Å². The van der Waals surface area contributed by atoms with Gasteiger partial charge in [-0.05, 0) is 49.2 Å². The standard InChI is InChI=1S/C27H26N4O5/c1-3-36-27(34)24(31-35)18(2)29-30-25(32)21-14-16-22(17-15-21)28-26(33)23(19-10-6-4-7-11-19)20-12-8-5-9-13-20/h4-17,23,35H,3H2,1-2H3,(H,28,33)(H,30,32). The Kier molecular flexibility index (Phi) is 9.05. The molecule has 3 aromatic rings. The van der Waals surface area contributed by atoms with Gasteiger partial charge >= 0.3 is 5.97 Å². The summed E-state index contributed by atoms with van der Waals surface area (Å²) in [6.45, 7) is 3.09. The number of esters is 1. The largest absolute Gasteiger partial charge is 0.461 e. The van der Waals surface area contributed by atoms with Gasteiger partial charge in [0.05, 0.1) is 18.2 Å². The predicted octanol–water partition coefficient (Wildman–Crippen LogP) is 3.96. The van der Waals surface area contributed by atoms with Crippen molar-refractivity contribution in [3.8, 4) is 0 Å². The lowest BCUT2D eigenvalue weighted by Crippen LogP contribution is -2.28. The van der Waals surface area contributed by atoms with Crippen molar-refractivity contribution in [2.45, 2.75) is 19.8 Å². The van der Waals surface area contributed by atoms with Crippen LogP contribution in [-0.2, 0) is 14.3 Å². The third-order valence-corrected chi connectivity index (χ3v) is 5.18. The van der Waals surface area contributed by atoms with Crippen molar-refractivity contribution in [3.63, 3.8) is 0 Å². The summed E-state index contributed by atoms with van der Waals surface area (Å²) in [5, 5.41) is 18.6. The molecule has 184 valence electrons. The number of carbonyl (C=O) groups excluding carboxylic acids is 3. The van der Waals surface area contributed by atoms with Gasteiger partial charge in [0.1, 0.15) is 0 Å². The molecule has 0 aliphatic rings. The molecule has 0 atom stereocenters. The fourth-order valence-corrected chi connectivity index (χ4v) is 3.42. The van der Waals surface area contributed by atoms with Gasteiger partial charge in [-0.15, -0.1) is 0 Å². The number of nitrogens with one attached hydrogen (secondary N) is 2. The molecule has 0 aliphatic heterocycles. The maximum Gasteiger partial charge on any atom is 0.362 e. The van der Waals surface area contributed by atoms with Crippen molar-refractivity contribution in [2.75, 3.05) is 11.9 Å². The van der Waals surface area contributed by atoms with Crippen LogP contribution < -0.4 is 10.7 Å². The molecule has 9 nitrogen and oxygen atoms in total. The molecule has 0 saturated heterocycles. The Balaban J connectivity index is 1.70. The van der Waals surface area contributed by atoms with E-state index in [-0.39, 0.29) is 23.8 Å². The van der Waals surface area contributed by atoms with Gasteiger partial charge in [-0.3, -0.25) is 9.59 Å². The van der Waals surface area contributed by atoms with Crippen molar-refractivity contribution in [3.05, 3.63) is 102 Å². The number of benzene rings is 3. The van der Waals surface area contributed by atoms with Gasteiger partial charge in [-0.25, -0.2) is 10.2 Å². The van der Waals surface area contributed by atoms with Crippen LogP contribution in [0.3, 0.4) is 0 Å². The van der Waals surface area contributed by atoms with Crippen LogP contribution in [0, 0.1) is 0 Å². The zero-order valence-electron chi connectivity index (χ0n) is 19.8. The molecule has 3 N–H and O–H groups in total. The molecule has 2 amide bonds. The van der Waals surface area contributed by atoms with E-state index in [2.05, 4.69) is 21.0 Å². The number of hydrazone groups is 1. The Morgan fingerprint density at radius 2 is 1.44 bits per heavy atom. The second-order valence-electron chi connectivity index (χ2n) is 7.63. The van der Waals surface area contributed by atoms with Crippen molar-refractivity contribution in [1.29, 1.82) is 0 Å². The summed E-state index contributed by atoms with van der Waals surface area (Å²) >= 11 is 0. The normalized spacial score (nSPS) is 11.6. The van der Waals surface area contributed by atoms with Crippen LogP contribution in [0.2, 0.25) is 0 Å². The van der Waals surface area contributed by atoms with Crippen LogP contribution in [0.25, 0.3) is 0 Å². The van der Waals surface area contributed by atoms with Gasteiger partial charge in [0.2, 0.25) is 11.6 Å². The minimum Gasteiger partial charge on any atom is -0.461 e. The molecule has 0 bridgehead atoms. The Labute approximate surface area is 208 Å². The SMILES string of the molecule is CCOC(=O)C(=NO)C(C)=NNC(=O)c1ccc(NC(=O)C(c2ccccc2)c2ccccc2)cc1. The van der Waals surface area contributed by atoms with E-state index in [1.807, 2.05) is 60.7 Å². The highest BCUT2D eigenvalue weighted by molar-refractivity contribution is 6.65. The minimum atomic E-state index is -0.861. The number of anilines is 1. The first-order valence-electron chi connectivity index (χ1n) is 11.2. The number of oxime groups is 1. The first-order chi connectivity index (χ1) is 17.4. The van der Waals surface area contributed by atoms with Gasteiger partial charge in [0.25, 0.3) is 5.91 Å². The third kappa shape index (κ3) is 6.63. The molecule has 9 heteroatoms. The molecular formula is C27H26N4O5. The minimum absolute atomic E-state index is 0.0268. The number of amides is 2. The molecule has 0 heterocycles. The molecular weight excluding hydrogens is 460 g/mol. The number of ether oxygens (including phenoxy) is 1. The topological polar surface area (TPSA) is 129 Å². The van der Waals surface area contributed by atoms with Crippen molar-refractivity contribution in [2.24, 2.45) is 10.3 Å². The summed E-state index contributed by atoms with van der Waals surface area (Å²) in [5.41, 5.74) is 4.36. The third-order valence-electron chi connectivity index (χ3n) is 5.18. The number of hydrogen-bond donors (Lipinski definition) is 3. The quantitative estimate of drug-likeness (QED) is 0.182. The maximum atomic E-state index is 13.2. The van der Waals surface area contributed by atoms with E-state index in [0.717, 1.165) is 11.1 Å². The van der Waals surface area contributed by atoms with Gasteiger partial charge in [-0.1, -0.05) is 65.8 Å². The highest BCUT2D eigenvalue weighted by atomic mass is 16.5. The Morgan fingerprint density at radius 1 is 0.889 bits per heavy atom. The van der Waals surface area contributed by atoms with Crippen LogP contribution >= 0.6 is 0 Å². The molecule has 36 heavy (non-hydrogen) atoms. The van der Waals surface area contributed by atoms with E-state index in [1.54, 1.807) is 19.1 Å². The van der Waals surface area contributed by atoms with Crippen LogP contribution in [0.15, 0.2) is 95.2 Å². The summed E-state index contributed by atoms with van der Waals surface area (Å²) in [5.74, 6) is -2.13. The second-order valence-corrected chi connectivity index (χ2v) is 7.63. The van der Waals surface area contributed by atoms with E-state index in [4.69, 9.17) is 9.94 Å². The first kappa shape index (κ1) is 25.8. The summed E-state index contributed by atoms with van der Waals surface area (Å²) in [4.78, 5) is 37.4. The van der Waals surface area contributed by atoms with E-state index in [9.17, 15) is 14.4 Å². The predicted molar refractivity (Wildman–Crippen MR) is 136 cm³/mol. The molecule has 0 aliphatic carbocycles. The van der Waals surface area contributed by atoms with Crippen molar-refractivity contribution < 1.29 is 24.3 Å². The zero-order valence-corrected chi connectivity index (χ0v) is 19.8. The molecule has 3 aromatic carbocycles.